The van der Waals surface area contributed by atoms with Gasteiger partial charge in [-0.3, -0.25) is 4.79 Å². The normalized spacial score (nSPS) is 10.6. The van der Waals surface area contributed by atoms with Crippen LogP contribution in [-0.2, 0) is 0 Å². The van der Waals surface area contributed by atoms with Crippen LogP contribution in [0, 0.1) is 0 Å². The molecule has 1 aromatic heterocycles. The molecule has 0 aliphatic rings. The lowest BCUT2D eigenvalue weighted by Gasteiger charge is -2.02. The average molecular weight is 362 g/mol. The van der Waals surface area contributed by atoms with Crippen LogP contribution in [0.15, 0.2) is 65.4 Å². The Balaban J connectivity index is 1.94. The van der Waals surface area contributed by atoms with E-state index in [4.69, 9.17) is 11.6 Å². The van der Waals surface area contributed by atoms with Crippen molar-refractivity contribution in [3.05, 3.63) is 81.5 Å². The van der Waals surface area contributed by atoms with Crippen molar-refractivity contribution in [2.24, 2.45) is 0 Å². The molecule has 0 saturated carbocycles. The van der Waals surface area contributed by atoms with E-state index in [1.165, 1.54) is 0 Å². The van der Waals surface area contributed by atoms with Gasteiger partial charge in [-0.25, -0.2) is 4.68 Å². The van der Waals surface area contributed by atoms with Gasteiger partial charge >= 0.3 is 0 Å². The van der Waals surface area contributed by atoms with Crippen LogP contribution < -0.4 is 0 Å². The van der Waals surface area contributed by atoms with E-state index in [1.807, 2.05) is 30.3 Å². The van der Waals surface area contributed by atoms with Gasteiger partial charge in [0.2, 0.25) is 0 Å². The van der Waals surface area contributed by atoms with E-state index in [0.717, 1.165) is 10.2 Å². The summed E-state index contributed by atoms with van der Waals surface area (Å²) in [5.74, 6) is -0.144. The number of nitrogens with zero attached hydrogens (tertiary/aromatic N) is 2. The van der Waals surface area contributed by atoms with Crippen LogP contribution in [0.1, 0.15) is 15.9 Å². The van der Waals surface area contributed by atoms with E-state index in [0.29, 0.717) is 16.1 Å². The first-order valence-electron chi connectivity index (χ1n) is 6.25. The number of halogens is 2. The predicted molar refractivity (Wildman–Crippen MR) is 86.1 cm³/mol. The maximum Gasteiger partial charge on any atom is 0.197 e. The molecule has 5 heteroatoms. The van der Waals surface area contributed by atoms with Gasteiger partial charge in [-0.05, 0) is 30.3 Å². The lowest BCUT2D eigenvalue weighted by Crippen LogP contribution is -2.01. The van der Waals surface area contributed by atoms with Gasteiger partial charge in [0.05, 0.1) is 22.5 Å². The molecule has 0 N–H and O–H groups in total. The Morgan fingerprint density at radius 1 is 1.14 bits per heavy atom. The fourth-order valence-corrected chi connectivity index (χ4v) is 2.75. The van der Waals surface area contributed by atoms with E-state index in [-0.39, 0.29) is 5.78 Å². The molecule has 0 fully saturated rings. The molecule has 0 aliphatic heterocycles. The van der Waals surface area contributed by atoms with Gasteiger partial charge in [-0.2, -0.15) is 5.10 Å². The highest BCUT2D eigenvalue weighted by atomic mass is 79.9. The fourth-order valence-electron chi connectivity index (χ4n) is 1.99. The molecule has 0 radical (unpaired) electrons. The lowest BCUT2D eigenvalue weighted by atomic mass is 10.1. The monoisotopic (exact) mass is 360 g/mol. The van der Waals surface area contributed by atoms with Crippen molar-refractivity contribution in [1.29, 1.82) is 0 Å². The van der Waals surface area contributed by atoms with Gasteiger partial charge in [0, 0.05) is 16.2 Å². The molecular weight excluding hydrogens is 352 g/mol. The number of hydrogen-bond donors (Lipinski definition) is 0. The highest BCUT2D eigenvalue weighted by Gasteiger charge is 2.15. The average Bonchev–Trinajstić information content (AvgIpc) is 2.97. The second kappa shape index (κ2) is 5.84. The van der Waals surface area contributed by atoms with Crippen LogP contribution in [0.5, 0.6) is 0 Å². The Morgan fingerprint density at radius 2 is 1.90 bits per heavy atom. The van der Waals surface area contributed by atoms with Crippen LogP contribution in [-0.4, -0.2) is 15.6 Å². The minimum absolute atomic E-state index is 0.144. The van der Waals surface area contributed by atoms with E-state index in [2.05, 4.69) is 21.0 Å². The highest BCUT2D eigenvalue weighted by molar-refractivity contribution is 9.10. The largest absolute Gasteiger partial charge is 0.288 e. The Bertz CT molecular complexity index is 799. The zero-order valence-corrected chi connectivity index (χ0v) is 13.2. The third-order valence-corrected chi connectivity index (χ3v) is 3.85. The third kappa shape index (κ3) is 2.91. The van der Waals surface area contributed by atoms with Crippen molar-refractivity contribution in [2.75, 3.05) is 0 Å². The van der Waals surface area contributed by atoms with Gasteiger partial charge < -0.3 is 0 Å². The first-order chi connectivity index (χ1) is 10.1. The van der Waals surface area contributed by atoms with Gasteiger partial charge in [0.1, 0.15) is 0 Å². The quantitative estimate of drug-likeness (QED) is 0.643. The summed E-state index contributed by atoms with van der Waals surface area (Å²) in [6.45, 7) is 0. The summed E-state index contributed by atoms with van der Waals surface area (Å²) in [6, 6.07) is 14.8. The number of hydrogen-bond acceptors (Lipinski definition) is 2. The molecule has 3 rings (SSSR count). The number of rotatable bonds is 3. The minimum atomic E-state index is -0.144. The number of carbonyl (C=O) groups is 1. The topological polar surface area (TPSA) is 34.9 Å². The van der Waals surface area contributed by atoms with E-state index >= 15 is 0 Å². The predicted octanol–water partition coefficient (Wildman–Crippen LogP) is 4.52. The first kappa shape index (κ1) is 14.0. The van der Waals surface area contributed by atoms with Crippen LogP contribution in [0.2, 0.25) is 5.02 Å². The fraction of sp³-hybridized carbons (Fsp3) is 0. The van der Waals surface area contributed by atoms with Crippen molar-refractivity contribution < 1.29 is 4.79 Å². The van der Waals surface area contributed by atoms with E-state index in [9.17, 15) is 4.79 Å². The SMILES string of the molecule is O=C(c1cnn(-c2ccccc2)c1)c1ccc(Br)cc1Cl. The van der Waals surface area contributed by atoms with Crippen molar-refractivity contribution >= 4 is 33.3 Å². The summed E-state index contributed by atoms with van der Waals surface area (Å²) in [5.41, 5.74) is 1.87. The zero-order valence-electron chi connectivity index (χ0n) is 10.8. The van der Waals surface area contributed by atoms with E-state index < -0.39 is 0 Å². The minimum Gasteiger partial charge on any atom is -0.288 e. The molecule has 0 amide bonds. The molecule has 0 unspecified atom stereocenters. The van der Waals surface area contributed by atoms with Gasteiger partial charge in [-0.15, -0.1) is 0 Å². The molecule has 0 spiro atoms. The Labute approximate surface area is 135 Å². The molecule has 21 heavy (non-hydrogen) atoms. The standard InChI is InChI=1S/C16H10BrClN2O/c17-12-6-7-14(15(18)8-12)16(21)11-9-19-20(10-11)13-4-2-1-3-5-13/h1-10H. The van der Waals surface area contributed by atoms with Crippen LogP contribution in [0.3, 0.4) is 0 Å². The Hall–Kier alpha value is -1.91. The molecule has 104 valence electrons. The maximum absolute atomic E-state index is 12.5. The summed E-state index contributed by atoms with van der Waals surface area (Å²) in [6.07, 6.45) is 3.25. The maximum atomic E-state index is 12.5. The number of ketones is 1. The molecule has 3 nitrogen and oxygen atoms in total. The molecule has 0 aliphatic carbocycles. The number of carbonyl (C=O) groups excluding carboxylic acids is 1. The van der Waals surface area contributed by atoms with Crippen LogP contribution in [0.4, 0.5) is 0 Å². The second-order valence-electron chi connectivity index (χ2n) is 4.46. The molecule has 1 heterocycles. The summed E-state index contributed by atoms with van der Waals surface area (Å²) in [7, 11) is 0. The third-order valence-electron chi connectivity index (χ3n) is 3.04. The summed E-state index contributed by atoms with van der Waals surface area (Å²) < 4.78 is 2.50. The van der Waals surface area contributed by atoms with Crippen molar-refractivity contribution in [2.45, 2.75) is 0 Å². The molecule has 3 aromatic rings. The number of benzene rings is 2. The van der Waals surface area contributed by atoms with Gasteiger partial charge in [-0.1, -0.05) is 45.7 Å². The molecular formula is C16H10BrClN2O. The van der Waals surface area contributed by atoms with Gasteiger partial charge in [0.25, 0.3) is 0 Å². The Morgan fingerprint density at radius 3 is 2.62 bits per heavy atom. The summed E-state index contributed by atoms with van der Waals surface area (Å²) in [4.78, 5) is 12.5. The molecule has 0 saturated heterocycles. The number of aromatic nitrogens is 2. The molecule has 2 aromatic carbocycles. The molecule has 0 atom stereocenters. The second-order valence-corrected chi connectivity index (χ2v) is 5.79. The lowest BCUT2D eigenvalue weighted by molar-refractivity contribution is 0.103. The van der Waals surface area contributed by atoms with Crippen molar-refractivity contribution in [3.8, 4) is 5.69 Å². The first-order valence-corrected chi connectivity index (χ1v) is 7.42. The molecule has 0 bridgehead atoms. The number of para-hydroxylation sites is 1. The van der Waals surface area contributed by atoms with Crippen molar-refractivity contribution in [3.63, 3.8) is 0 Å². The smallest absolute Gasteiger partial charge is 0.197 e. The highest BCUT2D eigenvalue weighted by Crippen LogP contribution is 2.24. The van der Waals surface area contributed by atoms with Crippen LogP contribution in [0.25, 0.3) is 5.69 Å². The summed E-state index contributed by atoms with van der Waals surface area (Å²) in [5, 5.41) is 4.64. The van der Waals surface area contributed by atoms with Crippen molar-refractivity contribution in [1.82, 2.24) is 9.78 Å². The van der Waals surface area contributed by atoms with Gasteiger partial charge in [0.15, 0.2) is 5.78 Å². The Kier molecular flexibility index (Phi) is 3.90. The summed E-state index contributed by atoms with van der Waals surface area (Å²) >= 11 is 9.44. The van der Waals surface area contributed by atoms with E-state index in [1.54, 1.807) is 35.3 Å². The van der Waals surface area contributed by atoms with Crippen LogP contribution >= 0.6 is 27.5 Å². The zero-order chi connectivity index (χ0) is 14.8.